The van der Waals surface area contributed by atoms with Gasteiger partial charge in [0.1, 0.15) is 10.8 Å². The van der Waals surface area contributed by atoms with Crippen molar-refractivity contribution in [1.82, 2.24) is 19.7 Å². The summed E-state index contributed by atoms with van der Waals surface area (Å²) < 4.78 is 1.69. The van der Waals surface area contributed by atoms with E-state index < -0.39 is 0 Å². The number of nitrogens with zero attached hydrogens (tertiary/aromatic N) is 4. The van der Waals surface area contributed by atoms with Crippen molar-refractivity contribution in [2.45, 2.75) is 26.6 Å². The molecular formula is C20H17N5S2. The molecule has 27 heavy (non-hydrogen) atoms. The molecule has 0 spiro atoms. The van der Waals surface area contributed by atoms with E-state index in [1.807, 2.05) is 55.6 Å². The van der Waals surface area contributed by atoms with Gasteiger partial charge in [-0.3, -0.25) is 0 Å². The summed E-state index contributed by atoms with van der Waals surface area (Å²) in [5.74, 6) is 1.29. The Balaban J connectivity index is 1.75. The molecule has 0 saturated carbocycles. The number of anilines is 1. The lowest BCUT2D eigenvalue weighted by Crippen LogP contribution is -2.06. The Kier molecular flexibility index (Phi) is 5.13. The van der Waals surface area contributed by atoms with Crippen LogP contribution in [0.4, 0.5) is 5.82 Å². The second-order valence-electron chi connectivity index (χ2n) is 5.80. The van der Waals surface area contributed by atoms with E-state index in [-0.39, 0.29) is 0 Å². The van der Waals surface area contributed by atoms with Crippen LogP contribution < -0.4 is 5.73 Å². The van der Waals surface area contributed by atoms with Crippen molar-refractivity contribution in [2.24, 2.45) is 0 Å². The van der Waals surface area contributed by atoms with E-state index in [0.717, 1.165) is 31.2 Å². The molecule has 0 aliphatic carbocycles. The van der Waals surface area contributed by atoms with Gasteiger partial charge < -0.3 is 5.73 Å². The van der Waals surface area contributed by atoms with Gasteiger partial charge in [-0.1, -0.05) is 47.8 Å². The molecule has 0 fully saturated rings. The van der Waals surface area contributed by atoms with Crippen LogP contribution in [-0.4, -0.2) is 19.7 Å². The van der Waals surface area contributed by atoms with Crippen molar-refractivity contribution in [3.05, 3.63) is 78.8 Å². The number of hydrogen-bond acceptors (Lipinski definition) is 6. The number of aryl methyl sites for hydroxylation is 1. The summed E-state index contributed by atoms with van der Waals surface area (Å²) in [5.41, 5.74) is 6.99. The molecule has 4 rings (SSSR count). The molecule has 3 aromatic heterocycles. The Morgan fingerprint density at radius 2 is 1.70 bits per heavy atom. The highest BCUT2D eigenvalue weighted by Crippen LogP contribution is 2.36. The first kappa shape index (κ1) is 17.6. The molecule has 0 bridgehead atoms. The minimum absolute atomic E-state index is 0.569. The van der Waals surface area contributed by atoms with Crippen molar-refractivity contribution in [3.8, 4) is 5.82 Å². The monoisotopic (exact) mass is 391 g/mol. The van der Waals surface area contributed by atoms with Crippen molar-refractivity contribution in [1.29, 1.82) is 0 Å². The van der Waals surface area contributed by atoms with Crippen LogP contribution in [0.5, 0.6) is 0 Å². The van der Waals surface area contributed by atoms with Crippen LogP contribution >= 0.6 is 23.5 Å². The third kappa shape index (κ3) is 4.15. The largest absolute Gasteiger partial charge is 0.384 e. The van der Waals surface area contributed by atoms with Gasteiger partial charge in [-0.2, -0.15) is 9.78 Å². The lowest BCUT2D eigenvalue weighted by Gasteiger charge is -2.11. The highest BCUT2D eigenvalue weighted by Gasteiger charge is 2.14. The van der Waals surface area contributed by atoms with Gasteiger partial charge in [-0.15, -0.1) is 0 Å². The first-order valence-corrected chi connectivity index (χ1v) is 9.97. The Labute approximate surface area is 166 Å². The van der Waals surface area contributed by atoms with Crippen LogP contribution in [0.1, 0.15) is 5.69 Å². The molecule has 0 radical (unpaired) electrons. The van der Waals surface area contributed by atoms with E-state index in [1.54, 1.807) is 34.4 Å². The summed E-state index contributed by atoms with van der Waals surface area (Å²) in [5, 5.41) is 5.42. The molecule has 3 heterocycles. The molecular weight excluding hydrogens is 374 g/mol. The van der Waals surface area contributed by atoms with Gasteiger partial charge in [-0.05, 0) is 37.3 Å². The lowest BCUT2D eigenvalue weighted by molar-refractivity contribution is 0.816. The molecule has 0 unspecified atom stereocenters. The van der Waals surface area contributed by atoms with E-state index in [9.17, 15) is 0 Å². The maximum atomic E-state index is 6.13. The number of pyridine rings is 2. The fourth-order valence-corrected chi connectivity index (χ4v) is 4.36. The molecule has 5 nitrogen and oxygen atoms in total. The summed E-state index contributed by atoms with van der Waals surface area (Å²) in [7, 11) is 0. The Morgan fingerprint density at radius 3 is 2.41 bits per heavy atom. The molecule has 134 valence electrons. The van der Waals surface area contributed by atoms with E-state index >= 15 is 0 Å². The second kappa shape index (κ2) is 7.85. The van der Waals surface area contributed by atoms with Crippen LogP contribution in [0.25, 0.3) is 5.82 Å². The predicted molar refractivity (Wildman–Crippen MR) is 109 cm³/mol. The van der Waals surface area contributed by atoms with Crippen molar-refractivity contribution >= 4 is 29.3 Å². The topological polar surface area (TPSA) is 69.6 Å². The summed E-state index contributed by atoms with van der Waals surface area (Å²) in [6.45, 7) is 1.92. The standard InChI is InChI=1S/C20H17N5S2/c1-14-11-18(21)25(24-14)20-17(26-15-7-3-2-4-8-15)12-16(13-23-20)27-19-9-5-6-10-22-19/h2-13H,21H2,1H3. The summed E-state index contributed by atoms with van der Waals surface area (Å²) >= 11 is 3.22. The highest BCUT2D eigenvalue weighted by molar-refractivity contribution is 8.00. The molecule has 7 heteroatoms. The maximum absolute atomic E-state index is 6.13. The predicted octanol–water partition coefficient (Wildman–Crippen LogP) is 4.86. The molecule has 0 aliphatic heterocycles. The molecule has 0 saturated heterocycles. The average Bonchev–Trinajstić information content (AvgIpc) is 3.02. The average molecular weight is 392 g/mol. The third-order valence-electron chi connectivity index (χ3n) is 3.70. The van der Waals surface area contributed by atoms with Crippen molar-refractivity contribution in [2.75, 3.05) is 5.73 Å². The number of nitrogens with two attached hydrogens (primary N) is 1. The molecule has 4 aromatic rings. The van der Waals surface area contributed by atoms with Gasteiger partial charge in [-0.25, -0.2) is 9.97 Å². The van der Waals surface area contributed by atoms with E-state index in [0.29, 0.717) is 5.82 Å². The van der Waals surface area contributed by atoms with Gasteiger partial charge >= 0.3 is 0 Å². The fourth-order valence-electron chi connectivity index (χ4n) is 2.54. The third-order valence-corrected chi connectivity index (χ3v) is 5.64. The highest BCUT2D eigenvalue weighted by atomic mass is 32.2. The van der Waals surface area contributed by atoms with Crippen LogP contribution in [0, 0.1) is 6.92 Å². The number of rotatable bonds is 5. The van der Waals surface area contributed by atoms with Crippen molar-refractivity contribution < 1.29 is 0 Å². The van der Waals surface area contributed by atoms with Crippen molar-refractivity contribution in [3.63, 3.8) is 0 Å². The minimum Gasteiger partial charge on any atom is -0.384 e. The quantitative estimate of drug-likeness (QED) is 0.524. The van der Waals surface area contributed by atoms with E-state index in [4.69, 9.17) is 5.73 Å². The number of aromatic nitrogens is 4. The minimum atomic E-state index is 0.569. The number of nitrogen functional groups attached to an aromatic ring is 1. The Morgan fingerprint density at radius 1 is 0.889 bits per heavy atom. The fraction of sp³-hybridized carbons (Fsp3) is 0.0500. The smallest absolute Gasteiger partial charge is 0.169 e. The van der Waals surface area contributed by atoms with Crippen LogP contribution in [-0.2, 0) is 0 Å². The lowest BCUT2D eigenvalue weighted by atomic mass is 10.4. The number of benzene rings is 1. The molecule has 0 atom stereocenters. The van der Waals surface area contributed by atoms with Crippen LogP contribution in [0.15, 0.2) is 92.8 Å². The second-order valence-corrected chi connectivity index (χ2v) is 8.01. The van der Waals surface area contributed by atoms with Crippen LogP contribution in [0.2, 0.25) is 0 Å². The van der Waals surface area contributed by atoms with Gasteiger partial charge in [0, 0.05) is 28.3 Å². The zero-order valence-electron chi connectivity index (χ0n) is 14.6. The summed E-state index contributed by atoms with van der Waals surface area (Å²) in [6.07, 6.45) is 3.62. The first-order chi connectivity index (χ1) is 13.2. The number of hydrogen-bond donors (Lipinski definition) is 1. The molecule has 0 aliphatic rings. The maximum Gasteiger partial charge on any atom is 0.169 e. The SMILES string of the molecule is Cc1cc(N)n(-c2ncc(Sc3ccccn3)cc2Sc2ccccc2)n1. The normalized spacial score (nSPS) is 10.9. The zero-order chi connectivity index (χ0) is 18.6. The summed E-state index contributed by atoms with van der Waals surface area (Å²) in [4.78, 5) is 12.2. The van der Waals surface area contributed by atoms with E-state index in [1.165, 1.54) is 0 Å². The van der Waals surface area contributed by atoms with E-state index in [2.05, 4.69) is 33.3 Å². The van der Waals surface area contributed by atoms with Gasteiger partial charge in [0.2, 0.25) is 0 Å². The molecule has 2 N–H and O–H groups in total. The van der Waals surface area contributed by atoms with Gasteiger partial charge in [0.15, 0.2) is 5.82 Å². The Bertz CT molecular complexity index is 1050. The molecule has 1 aromatic carbocycles. The molecule has 0 amide bonds. The van der Waals surface area contributed by atoms with Gasteiger partial charge in [0.05, 0.1) is 10.6 Å². The van der Waals surface area contributed by atoms with Crippen LogP contribution in [0.3, 0.4) is 0 Å². The summed E-state index contributed by atoms with van der Waals surface area (Å²) in [6, 6.07) is 20.0. The first-order valence-electron chi connectivity index (χ1n) is 8.33. The zero-order valence-corrected chi connectivity index (χ0v) is 16.2. The van der Waals surface area contributed by atoms with Gasteiger partial charge in [0.25, 0.3) is 0 Å². The Hall–Kier alpha value is -2.77.